The molecule has 0 bridgehead atoms. The molecule has 2 aromatic carbocycles. The third-order valence-corrected chi connectivity index (χ3v) is 7.05. The Kier molecular flexibility index (Phi) is 8.65. The molecule has 1 aliphatic rings. The van der Waals surface area contributed by atoms with Crippen molar-refractivity contribution < 1.29 is 14.0 Å². The van der Waals surface area contributed by atoms with Crippen molar-refractivity contribution in [3.8, 4) is 11.4 Å². The molecule has 0 saturated carbocycles. The minimum Gasteiger partial charge on any atom is -0.368 e. The highest BCUT2D eigenvalue weighted by atomic mass is 19.1. The number of halogens is 1. The average molecular weight is 544 g/mol. The molecule has 1 aliphatic heterocycles. The second-order valence-electron chi connectivity index (χ2n) is 9.98. The Bertz CT molecular complexity index is 1450. The van der Waals surface area contributed by atoms with E-state index in [1.807, 2.05) is 53.4 Å². The van der Waals surface area contributed by atoms with Gasteiger partial charge in [-0.25, -0.2) is 14.4 Å². The lowest BCUT2D eigenvalue weighted by molar-refractivity contribution is -0.118. The number of aryl methyl sites for hydroxylation is 1. The van der Waals surface area contributed by atoms with Gasteiger partial charge in [0.15, 0.2) is 5.82 Å². The maximum absolute atomic E-state index is 13.4. The summed E-state index contributed by atoms with van der Waals surface area (Å²) in [5.41, 5.74) is 3.06. The van der Waals surface area contributed by atoms with Gasteiger partial charge in [-0.3, -0.25) is 14.5 Å². The third-order valence-electron chi connectivity index (χ3n) is 7.05. The van der Waals surface area contributed by atoms with Crippen LogP contribution in [0.25, 0.3) is 22.4 Å². The number of anilines is 1. The van der Waals surface area contributed by atoms with Crippen LogP contribution in [0.1, 0.15) is 29.4 Å². The first kappa shape index (κ1) is 27.3. The molecule has 40 heavy (non-hydrogen) atoms. The Labute approximate surface area is 232 Å². The summed E-state index contributed by atoms with van der Waals surface area (Å²) in [5.74, 6) is 0.787. The van der Waals surface area contributed by atoms with Gasteiger partial charge in [0.25, 0.3) is 5.91 Å². The lowest BCUT2D eigenvalue weighted by Gasteiger charge is -2.34. The summed E-state index contributed by atoms with van der Waals surface area (Å²) in [6, 6.07) is 18.2. The van der Waals surface area contributed by atoms with Gasteiger partial charge in [-0.05, 0) is 43.1 Å². The van der Waals surface area contributed by atoms with Gasteiger partial charge in [-0.2, -0.15) is 0 Å². The number of aromatic nitrogens is 3. The van der Waals surface area contributed by atoms with Crippen LogP contribution >= 0.6 is 0 Å². The van der Waals surface area contributed by atoms with Crippen molar-refractivity contribution in [1.82, 2.24) is 30.1 Å². The van der Waals surface area contributed by atoms with Gasteiger partial charge < -0.3 is 20.5 Å². The van der Waals surface area contributed by atoms with E-state index in [9.17, 15) is 14.0 Å². The number of nitrogens with one attached hydrogen (secondary N) is 3. The van der Waals surface area contributed by atoms with Crippen LogP contribution in [-0.2, 0) is 11.2 Å². The van der Waals surface area contributed by atoms with Crippen LogP contribution in [0.15, 0.2) is 60.7 Å². The number of aromatic amines is 1. The number of amides is 2. The molecule has 9 nitrogen and oxygen atoms in total. The van der Waals surface area contributed by atoms with Crippen molar-refractivity contribution in [3.63, 3.8) is 0 Å². The van der Waals surface area contributed by atoms with Crippen LogP contribution < -0.4 is 10.6 Å². The molecular weight excluding hydrogens is 509 g/mol. The Hall–Kier alpha value is -4.31. The van der Waals surface area contributed by atoms with Crippen molar-refractivity contribution >= 4 is 28.7 Å². The van der Waals surface area contributed by atoms with Gasteiger partial charge in [0, 0.05) is 51.8 Å². The molecule has 5 rings (SSSR count). The highest BCUT2D eigenvalue weighted by Crippen LogP contribution is 2.26. The maximum atomic E-state index is 13.4. The first-order valence-corrected chi connectivity index (χ1v) is 13.7. The summed E-state index contributed by atoms with van der Waals surface area (Å²) in [4.78, 5) is 41.6. The van der Waals surface area contributed by atoms with Crippen LogP contribution in [0, 0.1) is 5.82 Å². The van der Waals surface area contributed by atoms with Crippen LogP contribution in [0.3, 0.4) is 0 Å². The van der Waals surface area contributed by atoms with Crippen LogP contribution in [0.2, 0.25) is 0 Å². The molecule has 1 fully saturated rings. The quantitative estimate of drug-likeness (QED) is 0.264. The summed E-state index contributed by atoms with van der Waals surface area (Å²) in [7, 11) is 0. The van der Waals surface area contributed by atoms with E-state index in [2.05, 4.69) is 20.5 Å². The fourth-order valence-electron chi connectivity index (χ4n) is 4.90. The van der Waals surface area contributed by atoms with Crippen molar-refractivity contribution in [2.45, 2.75) is 19.8 Å². The van der Waals surface area contributed by atoms with E-state index in [0.29, 0.717) is 49.2 Å². The van der Waals surface area contributed by atoms with Crippen molar-refractivity contribution in [1.29, 1.82) is 0 Å². The summed E-state index contributed by atoms with van der Waals surface area (Å²) in [6.45, 7) is 6.27. The van der Waals surface area contributed by atoms with Gasteiger partial charge in [0.1, 0.15) is 23.0 Å². The Balaban J connectivity index is 1.24. The zero-order valence-corrected chi connectivity index (χ0v) is 22.6. The van der Waals surface area contributed by atoms with Crippen molar-refractivity contribution in [2.24, 2.45) is 0 Å². The van der Waals surface area contributed by atoms with Gasteiger partial charge >= 0.3 is 0 Å². The van der Waals surface area contributed by atoms with Gasteiger partial charge in [-0.15, -0.1) is 0 Å². The number of fused-ring (bicyclic) bond motifs is 1. The van der Waals surface area contributed by atoms with E-state index >= 15 is 0 Å². The first-order valence-electron chi connectivity index (χ1n) is 13.7. The molecule has 0 unspecified atom stereocenters. The lowest BCUT2D eigenvalue weighted by atomic mass is 10.1. The molecular formula is C30H34FN7O2. The number of carbonyl (C=O) groups is 2. The highest BCUT2D eigenvalue weighted by molar-refractivity contribution is 6.00. The molecule has 4 aromatic rings. The van der Waals surface area contributed by atoms with Crippen molar-refractivity contribution in [2.75, 3.05) is 51.1 Å². The number of hydrogen-bond donors (Lipinski definition) is 3. The fourth-order valence-corrected chi connectivity index (χ4v) is 4.90. The van der Waals surface area contributed by atoms with Gasteiger partial charge in [0.05, 0.1) is 5.39 Å². The number of carbonyl (C=O) groups excluding carboxylic acids is 2. The molecule has 0 atom stereocenters. The molecule has 3 heterocycles. The minimum absolute atomic E-state index is 0.0607. The van der Waals surface area contributed by atoms with Crippen LogP contribution in [0.5, 0.6) is 0 Å². The van der Waals surface area contributed by atoms with Gasteiger partial charge in [-0.1, -0.05) is 42.5 Å². The molecule has 0 spiro atoms. The SMILES string of the molecule is CC(=O)NCCNc1nc(-c2ccccc2)nc2[nH]c(C(=O)N3CCN(CCCc4ccc(F)cc4)CC3)cc12. The molecule has 3 N–H and O–H groups in total. The Morgan fingerprint density at radius 2 is 1.73 bits per heavy atom. The molecule has 10 heteroatoms. The monoisotopic (exact) mass is 543 g/mol. The second-order valence-corrected chi connectivity index (χ2v) is 9.98. The average Bonchev–Trinajstić information content (AvgIpc) is 3.41. The molecule has 208 valence electrons. The minimum atomic E-state index is -0.211. The van der Waals surface area contributed by atoms with Crippen molar-refractivity contribution in [3.05, 3.63) is 77.7 Å². The van der Waals surface area contributed by atoms with Gasteiger partial charge in [0.2, 0.25) is 5.91 Å². The fraction of sp³-hybridized carbons (Fsp3) is 0.333. The van der Waals surface area contributed by atoms with E-state index in [0.717, 1.165) is 49.0 Å². The topological polar surface area (TPSA) is 106 Å². The maximum Gasteiger partial charge on any atom is 0.270 e. The van der Waals surface area contributed by atoms with E-state index in [-0.39, 0.29) is 17.6 Å². The Morgan fingerprint density at radius 1 is 0.975 bits per heavy atom. The molecule has 0 radical (unpaired) electrons. The lowest BCUT2D eigenvalue weighted by Crippen LogP contribution is -2.49. The van der Waals surface area contributed by atoms with E-state index in [1.165, 1.54) is 19.1 Å². The largest absolute Gasteiger partial charge is 0.368 e. The normalized spacial score (nSPS) is 13.9. The molecule has 2 amide bonds. The number of rotatable bonds is 10. The molecule has 1 saturated heterocycles. The Morgan fingerprint density at radius 3 is 2.45 bits per heavy atom. The predicted molar refractivity (Wildman–Crippen MR) is 154 cm³/mol. The molecule has 0 aliphatic carbocycles. The summed E-state index contributed by atoms with van der Waals surface area (Å²) in [5, 5.41) is 6.79. The van der Waals surface area contributed by atoms with Crippen LogP contribution in [0.4, 0.5) is 10.2 Å². The second kappa shape index (κ2) is 12.7. The predicted octanol–water partition coefficient (Wildman–Crippen LogP) is 3.70. The number of hydrogen-bond acceptors (Lipinski definition) is 6. The molecule has 2 aromatic heterocycles. The van der Waals surface area contributed by atoms with E-state index < -0.39 is 0 Å². The first-order chi connectivity index (χ1) is 19.5. The number of nitrogens with zero attached hydrogens (tertiary/aromatic N) is 4. The number of benzene rings is 2. The summed E-state index contributed by atoms with van der Waals surface area (Å²) < 4.78 is 13.1. The standard InChI is InChI=1S/C30H34FN7O2/c1-21(39)32-13-14-33-28-25-20-26(34-29(25)36-27(35-28)23-7-3-2-4-8-23)30(40)38-18-16-37(17-19-38)15-5-6-22-9-11-24(31)12-10-22/h2-4,7-12,20H,5-6,13-19H2,1H3,(H,32,39)(H2,33,34,35,36). The van der Waals surface area contributed by atoms with E-state index in [1.54, 1.807) is 0 Å². The summed E-state index contributed by atoms with van der Waals surface area (Å²) in [6.07, 6.45) is 1.89. The smallest absolute Gasteiger partial charge is 0.270 e. The van der Waals surface area contributed by atoms with E-state index in [4.69, 9.17) is 9.97 Å². The third kappa shape index (κ3) is 6.81. The number of piperazine rings is 1. The zero-order chi connectivity index (χ0) is 27.9. The number of H-pyrrole nitrogens is 1. The van der Waals surface area contributed by atoms with Crippen LogP contribution in [-0.4, -0.2) is 82.4 Å². The summed E-state index contributed by atoms with van der Waals surface area (Å²) >= 11 is 0. The highest BCUT2D eigenvalue weighted by Gasteiger charge is 2.24. The zero-order valence-electron chi connectivity index (χ0n) is 22.6.